The zero-order chi connectivity index (χ0) is 18.7. The van der Waals surface area contributed by atoms with Gasteiger partial charge in [-0.1, -0.05) is 30.3 Å². The number of anilines is 1. The van der Waals surface area contributed by atoms with E-state index < -0.39 is 0 Å². The lowest BCUT2D eigenvalue weighted by atomic mass is 10.1. The van der Waals surface area contributed by atoms with Crippen LogP contribution in [-0.2, 0) is 11.3 Å². The molecule has 1 aromatic carbocycles. The summed E-state index contributed by atoms with van der Waals surface area (Å²) in [5, 5.41) is 10.5. The van der Waals surface area contributed by atoms with Crippen LogP contribution in [0.4, 0.5) is 5.00 Å². The van der Waals surface area contributed by atoms with Gasteiger partial charge in [-0.3, -0.25) is 4.99 Å². The molecule has 1 aliphatic heterocycles. The van der Waals surface area contributed by atoms with Gasteiger partial charge in [0.15, 0.2) is 5.96 Å². The van der Waals surface area contributed by atoms with Crippen LogP contribution in [0.25, 0.3) is 0 Å². The van der Waals surface area contributed by atoms with E-state index in [0.29, 0.717) is 25.8 Å². The number of piperidine rings is 1. The lowest BCUT2D eigenvalue weighted by Crippen LogP contribution is -2.48. The van der Waals surface area contributed by atoms with Crippen LogP contribution in [0.15, 0.2) is 52.8 Å². The molecule has 1 fully saturated rings. The number of thiophene rings is 1. The first-order valence-electron chi connectivity index (χ1n) is 9.80. The molecule has 1 aliphatic rings. The molecule has 154 valence electrons. The molecule has 2 aromatic rings. The van der Waals surface area contributed by atoms with Gasteiger partial charge in [-0.2, -0.15) is 0 Å². The number of rotatable bonds is 8. The van der Waals surface area contributed by atoms with Gasteiger partial charge in [0.1, 0.15) is 0 Å². The number of ether oxygens (including phenoxy) is 1. The van der Waals surface area contributed by atoms with Crippen molar-refractivity contribution in [3.63, 3.8) is 0 Å². The van der Waals surface area contributed by atoms with Crippen LogP contribution >= 0.6 is 35.3 Å². The highest BCUT2D eigenvalue weighted by atomic mass is 127. The van der Waals surface area contributed by atoms with E-state index in [1.807, 2.05) is 29.5 Å². The highest BCUT2D eigenvalue weighted by Crippen LogP contribution is 2.24. The summed E-state index contributed by atoms with van der Waals surface area (Å²) < 4.78 is 5.73. The molecule has 3 rings (SSSR count). The van der Waals surface area contributed by atoms with Crippen molar-refractivity contribution < 1.29 is 4.74 Å². The fourth-order valence-electron chi connectivity index (χ4n) is 3.19. The van der Waals surface area contributed by atoms with Crippen LogP contribution < -0.4 is 15.5 Å². The maximum Gasteiger partial charge on any atom is 0.191 e. The number of hydrogen-bond donors (Lipinski definition) is 2. The minimum atomic E-state index is 0. The predicted octanol–water partition coefficient (Wildman–Crippen LogP) is 4.11. The maximum atomic E-state index is 5.73. The second kappa shape index (κ2) is 13.0. The SMILES string of the molecule is CCNC(=NCCOCc1ccccc1)NC1CCN(c2cccs2)CC1.I. The molecular weight excluding hydrogens is 483 g/mol. The van der Waals surface area contributed by atoms with Crippen LogP contribution in [0.1, 0.15) is 25.3 Å². The normalized spacial score (nSPS) is 15.2. The fourth-order valence-corrected chi connectivity index (χ4v) is 3.98. The average Bonchev–Trinajstić information content (AvgIpc) is 3.24. The van der Waals surface area contributed by atoms with Gasteiger partial charge in [-0.05, 0) is 42.8 Å². The van der Waals surface area contributed by atoms with Crippen molar-refractivity contribution in [3.05, 3.63) is 53.4 Å². The number of benzene rings is 1. The highest BCUT2D eigenvalue weighted by Gasteiger charge is 2.20. The first kappa shape index (κ1) is 23.0. The van der Waals surface area contributed by atoms with E-state index >= 15 is 0 Å². The second-order valence-corrected chi connectivity index (χ2v) is 7.58. The zero-order valence-corrected chi connectivity index (χ0v) is 19.6. The summed E-state index contributed by atoms with van der Waals surface area (Å²) in [6.07, 6.45) is 2.26. The van der Waals surface area contributed by atoms with Crippen LogP contribution in [-0.4, -0.2) is 44.8 Å². The highest BCUT2D eigenvalue weighted by molar-refractivity contribution is 14.0. The standard InChI is InChI=1S/C21H30N4OS.HI/c1-2-22-21(23-12-15-26-17-18-7-4-3-5-8-18)24-19-10-13-25(14-11-19)20-9-6-16-27-20;/h3-9,16,19H,2,10-15,17H2,1H3,(H2,22,23,24);1H. The van der Waals surface area contributed by atoms with Gasteiger partial charge in [-0.15, -0.1) is 35.3 Å². The molecule has 0 unspecified atom stereocenters. The van der Waals surface area contributed by atoms with Crippen molar-refractivity contribution in [1.29, 1.82) is 0 Å². The molecule has 2 N–H and O–H groups in total. The lowest BCUT2D eigenvalue weighted by molar-refractivity contribution is 0.128. The van der Waals surface area contributed by atoms with Gasteiger partial charge >= 0.3 is 0 Å². The smallest absolute Gasteiger partial charge is 0.191 e. The number of guanidine groups is 1. The predicted molar refractivity (Wildman–Crippen MR) is 130 cm³/mol. The Kier molecular flexibility index (Phi) is 10.7. The summed E-state index contributed by atoms with van der Waals surface area (Å²) in [6, 6.07) is 15.1. The van der Waals surface area contributed by atoms with Crippen molar-refractivity contribution in [2.75, 3.05) is 37.7 Å². The van der Waals surface area contributed by atoms with Crippen LogP contribution in [0, 0.1) is 0 Å². The minimum Gasteiger partial charge on any atom is -0.375 e. The molecule has 5 nitrogen and oxygen atoms in total. The third kappa shape index (κ3) is 7.60. The molecule has 2 heterocycles. The van der Waals surface area contributed by atoms with Gasteiger partial charge in [0.05, 0.1) is 24.8 Å². The van der Waals surface area contributed by atoms with Crippen LogP contribution in [0.5, 0.6) is 0 Å². The van der Waals surface area contributed by atoms with Crippen molar-refractivity contribution in [2.45, 2.75) is 32.4 Å². The Morgan fingerprint density at radius 2 is 1.96 bits per heavy atom. The minimum absolute atomic E-state index is 0. The Morgan fingerprint density at radius 1 is 1.18 bits per heavy atom. The molecule has 0 atom stereocenters. The Hall–Kier alpha value is -1.32. The van der Waals surface area contributed by atoms with Gasteiger partial charge < -0.3 is 20.3 Å². The number of hydrogen-bond acceptors (Lipinski definition) is 4. The lowest BCUT2D eigenvalue weighted by Gasteiger charge is -2.33. The molecule has 0 amide bonds. The third-order valence-electron chi connectivity index (χ3n) is 4.61. The summed E-state index contributed by atoms with van der Waals surface area (Å²) in [7, 11) is 0. The molecule has 1 aromatic heterocycles. The Bertz CT molecular complexity index is 673. The summed E-state index contributed by atoms with van der Waals surface area (Å²) >= 11 is 1.82. The summed E-state index contributed by atoms with van der Waals surface area (Å²) in [6.45, 7) is 7.09. The third-order valence-corrected chi connectivity index (χ3v) is 5.54. The van der Waals surface area contributed by atoms with Gasteiger partial charge in [0, 0.05) is 25.7 Å². The maximum absolute atomic E-state index is 5.73. The van der Waals surface area contributed by atoms with Crippen molar-refractivity contribution in [1.82, 2.24) is 10.6 Å². The van der Waals surface area contributed by atoms with E-state index in [1.165, 1.54) is 10.6 Å². The monoisotopic (exact) mass is 514 g/mol. The van der Waals surface area contributed by atoms with Crippen LogP contribution in [0.2, 0.25) is 0 Å². The molecule has 0 spiro atoms. The molecule has 28 heavy (non-hydrogen) atoms. The summed E-state index contributed by atoms with van der Waals surface area (Å²) in [5.41, 5.74) is 1.20. The molecule has 0 radical (unpaired) electrons. The first-order chi connectivity index (χ1) is 13.3. The van der Waals surface area contributed by atoms with Crippen molar-refractivity contribution in [2.24, 2.45) is 4.99 Å². The fraction of sp³-hybridized carbons (Fsp3) is 0.476. The van der Waals surface area contributed by atoms with E-state index in [9.17, 15) is 0 Å². The zero-order valence-electron chi connectivity index (χ0n) is 16.5. The quantitative estimate of drug-likeness (QED) is 0.241. The van der Waals surface area contributed by atoms with Gasteiger partial charge in [-0.25, -0.2) is 0 Å². The van der Waals surface area contributed by atoms with E-state index in [0.717, 1.165) is 38.4 Å². The van der Waals surface area contributed by atoms with E-state index in [1.54, 1.807) is 0 Å². The molecular formula is C21H31IN4OS. The van der Waals surface area contributed by atoms with Crippen molar-refractivity contribution in [3.8, 4) is 0 Å². The summed E-state index contributed by atoms with van der Waals surface area (Å²) in [4.78, 5) is 7.14. The van der Waals surface area contributed by atoms with Gasteiger partial charge in [0.2, 0.25) is 0 Å². The molecule has 0 aliphatic carbocycles. The van der Waals surface area contributed by atoms with E-state index in [-0.39, 0.29) is 24.0 Å². The molecule has 0 bridgehead atoms. The molecule has 7 heteroatoms. The molecule has 1 saturated heterocycles. The van der Waals surface area contributed by atoms with Gasteiger partial charge in [0.25, 0.3) is 0 Å². The largest absolute Gasteiger partial charge is 0.375 e. The number of aliphatic imine (C=N–C) groups is 1. The molecule has 0 saturated carbocycles. The van der Waals surface area contributed by atoms with E-state index in [2.05, 4.69) is 57.1 Å². The van der Waals surface area contributed by atoms with Crippen LogP contribution in [0.3, 0.4) is 0 Å². The topological polar surface area (TPSA) is 48.9 Å². The Balaban J connectivity index is 0.00000280. The average molecular weight is 514 g/mol. The first-order valence-corrected chi connectivity index (χ1v) is 10.7. The summed E-state index contributed by atoms with van der Waals surface area (Å²) in [5.74, 6) is 0.899. The Morgan fingerprint density at radius 3 is 2.64 bits per heavy atom. The number of halogens is 1. The second-order valence-electron chi connectivity index (χ2n) is 6.66. The van der Waals surface area contributed by atoms with Crippen molar-refractivity contribution >= 4 is 46.3 Å². The number of nitrogens with one attached hydrogen (secondary N) is 2. The Labute approximate surface area is 189 Å². The van der Waals surface area contributed by atoms with E-state index in [4.69, 9.17) is 4.74 Å². The number of nitrogens with zero attached hydrogens (tertiary/aromatic N) is 2.